The number of nitrogens with zero attached hydrogens (tertiary/aromatic N) is 9. The third kappa shape index (κ3) is 7.06. The number of rotatable bonds is 7. The van der Waals surface area contributed by atoms with Gasteiger partial charge in [-0.15, -0.1) is 0 Å². The largest absolute Gasteiger partial charge is 0.373 e. The number of fused-ring (bicyclic) bond motifs is 4. The van der Waals surface area contributed by atoms with E-state index < -0.39 is 0 Å². The average molecular weight is 780 g/mol. The van der Waals surface area contributed by atoms with Gasteiger partial charge in [-0.2, -0.15) is 15.2 Å². The summed E-state index contributed by atoms with van der Waals surface area (Å²) in [4.78, 5) is 25.6. The van der Waals surface area contributed by atoms with E-state index in [0.29, 0.717) is 17.8 Å². The van der Waals surface area contributed by atoms with Crippen molar-refractivity contribution in [3.05, 3.63) is 101 Å². The molecular weight excluding hydrogens is 732 g/mol. The number of benzene rings is 2. The maximum atomic E-state index is 13.6. The maximum Gasteiger partial charge on any atom is 0.226 e. The number of hydrogen-bond acceptors (Lipinski definition) is 11. The fraction of sp³-hybridized carbons (Fsp3) is 0.429. The first-order valence-electron chi connectivity index (χ1n) is 19.3. The normalized spacial score (nSPS) is 21.3. The van der Waals surface area contributed by atoms with Crippen LogP contribution < -0.4 is 25.3 Å². The van der Waals surface area contributed by atoms with Gasteiger partial charge in [-0.25, -0.2) is 23.7 Å². The number of aromatic nitrogens is 6. The lowest BCUT2D eigenvalue weighted by atomic mass is 9.82. The molecule has 11 nitrogen and oxygen atoms in total. The second kappa shape index (κ2) is 14.7. The molecule has 2 unspecified atom stereocenters. The average Bonchev–Trinajstić information content (AvgIpc) is 3.71. The van der Waals surface area contributed by atoms with Crippen LogP contribution in [0.15, 0.2) is 67.0 Å². The van der Waals surface area contributed by atoms with Crippen molar-refractivity contribution in [3.8, 4) is 0 Å². The molecule has 56 heavy (non-hydrogen) atoms. The van der Waals surface area contributed by atoms with Gasteiger partial charge in [0.05, 0.1) is 18.1 Å². The van der Waals surface area contributed by atoms with Crippen LogP contribution in [0.2, 0.25) is 5.28 Å². The highest BCUT2D eigenvalue weighted by molar-refractivity contribution is 6.28. The molecule has 1 saturated heterocycles. The molecule has 0 spiro atoms. The lowest BCUT2D eigenvalue weighted by Gasteiger charge is -2.39. The Bertz CT molecular complexity index is 2190. The highest BCUT2D eigenvalue weighted by Gasteiger charge is 2.45. The van der Waals surface area contributed by atoms with Gasteiger partial charge in [0, 0.05) is 80.0 Å². The number of hydrogen-bond donors (Lipinski definition) is 2. The third-order valence-electron chi connectivity index (χ3n) is 11.9. The molecule has 2 N–H and O–H groups in total. The van der Waals surface area contributed by atoms with Crippen LogP contribution in [-0.4, -0.2) is 70.4 Å². The molecule has 292 valence electrons. The summed E-state index contributed by atoms with van der Waals surface area (Å²) in [5, 5.41) is 14.6. The first-order chi connectivity index (χ1) is 26.8. The monoisotopic (exact) mass is 779 g/mol. The van der Waals surface area contributed by atoms with Crippen LogP contribution in [0.1, 0.15) is 57.5 Å². The molecule has 2 fully saturated rings. The molecule has 9 rings (SSSR count). The Hall–Kier alpha value is -5.17. The fourth-order valence-corrected chi connectivity index (χ4v) is 9.50. The molecule has 3 aliphatic heterocycles. The van der Waals surface area contributed by atoms with E-state index in [1.165, 1.54) is 42.8 Å². The number of piperidine rings is 1. The summed E-state index contributed by atoms with van der Waals surface area (Å²) < 4.78 is 26.7. The second-order valence-electron chi connectivity index (χ2n) is 16.6. The Morgan fingerprint density at radius 3 is 1.70 bits per heavy atom. The Morgan fingerprint density at radius 1 is 0.679 bits per heavy atom. The topological polar surface area (TPSA) is 111 Å². The van der Waals surface area contributed by atoms with Gasteiger partial charge in [0.2, 0.25) is 5.28 Å². The summed E-state index contributed by atoms with van der Waals surface area (Å²) in [7, 11) is 3.75. The van der Waals surface area contributed by atoms with E-state index >= 15 is 0 Å². The first-order valence-corrected chi connectivity index (χ1v) is 19.7. The summed E-state index contributed by atoms with van der Waals surface area (Å²) in [6.07, 6.45) is 7.03. The quantitative estimate of drug-likeness (QED) is 0.156. The van der Waals surface area contributed by atoms with Crippen LogP contribution in [0.5, 0.6) is 0 Å². The molecule has 0 radical (unpaired) electrons. The van der Waals surface area contributed by atoms with Gasteiger partial charge >= 0.3 is 0 Å². The van der Waals surface area contributed by atoms with Crippen molar-refractivity contribution >= 4 is 51.9 Å². The van der Waals surface area contributed by atoms with Gasteiger partial charge < -0.3 is 25.3 Å². The van der Waals surface area contributed by atoms with Gasteiger partial charge in [-0.1, -0.05) is 27.7 Å². The third-order valence-corrected chi connectivity index (χ3v) is 12.1. The van der Waals surface area contributed by atoms with Crippen LogP contribution in [0.25, 0.3) is 0 Å². The molecule has 4 aliphatic rings. The van der Waals surface area contributed by atoms with Crippen molar-refractivity contribution in [2.24, 2.45) is 17.8 Å². The summed E-state index contributed by atoms with van der Waals surface area (Å²) in [5.74, 6) is 5.62. The van der Waals surface area contributed by atoms with E-state index in [0.717, 1.165) is 84.2 Å². The Labute approximate surface area is 332 Å². The van der Waals surface area contributed by atoms with Crippen molar-refractivity contribution in [3.63, 3.8) is 0 Å². The van der Waals surface area contributed by atoms with Crippen molar-refractivity contribution in [2.75, 3.05) is 65.6 Å². The smallest absolute Gasteiger partial charge is 0.226 e. The molecule has 3 aromatic heterocycles. The molecule has 0 amide bonds. The lowest BCUT2D eigenvalue weighted by molar-refractivity contribution is 0.265. The summed E-state index contributed by atoms with van der Waals surface area (Å²) in [6.45, 7) is 12.3. The predicted molar refractivity (Wildman–Crippen MR) is 219 cm³/mol. The van der Waals surface area contributed by atoms with Crippen LogP contribution in [0.3, 0.4) is 0 Å². The minimum absolute atomic E-state index is 0.121. The second-order valence-corrected chi connectivity index (χ2v) is 16.9. The molecule has 5 aromatic rings. The van der Waals surface area contributed by atoms with Crippen LogP contribution in [0, 0.1) is 29.4 Å². The SMILES string of the molecule is CNc1nc(CC2C3CCC2CN(c2ccnnc2)C3)nc2c1C(C)(C)CN2c1ccc(F)cc1.CNc1nc(Cl)nc2c1C(C)(C)CN2c1ccc(F)cc1. The number of halogens is 3. The minimum atomic E-state index is -0.255. The number of anilines is 7. The van der Waals surface area contributed by atoms with Gasteiger partial charge in [0.1, 0.15) is 40.7 Å². The van der Waals surface area contributed by atoms with Gasteiger partial charge in [-0.05, 0) is 96.8 Å². The molecule has 6 heterocycles. The maximum absolute atomic E-state index is 13.6. The molecule has 14 heteroatoms. The first kappa shape index (κ1) is 37.7. The molecule has 2 aromatic carbocycles. The summed E-state index contributed by atoms with van der Waals surface area (Å²) >= 11 is 6.03. The van der Waals surface area contributed by atoms with Crippen molar-refractivity contribution in [2.45, 2.75) is 57.8 Å². The number of nitrogens with one attached hydrogen (secondary N) is 2. The van der Waals surface area contributed by atoms with Crippen LogP contribution in [0.4, 0.5) is 49.1 Å². The van der Waals surface area contributed by atoms with E-state index in [4.69, 9.17) is 21.6 Å². The van der Waals surface area contributed by atoms with E-state index in [1.54, 1.807) is 18.3 Å². The Morgan fingerprint density at radius 2 is 1.20 bits per heavy atom. The summed E-state index contributed by atoms with van der Waals surface area (Å²) in [5.41, 5.74) is 4.92. The van der Waals surface area contributed by atoms with Gasteiger partial charge in [0.25, 0.3) is 0 Å². The lowest BCUT2D eigenvalue weighted by Crippen LogP contribution is -2.43. The van der Waals surface area contributed by atoms with Crippen molar-refractivity contribution in [1.82, 2.24) is 30.1 Å². The van der Waals surface area contributed by atoms with Crippen LogP contribution >= 0.6 is 11.6 Å². The standard InChI is InChI=1S/C27H32FN7.C15H16ClFN4/c1-27(2)16-35(20-8-6-19(28)7-9-20)26-24(27)25(29-3)32-23(33-26)12-22-17-4-5-18(22)15-34(14-17)21-10-11-30-31-13-21;1-15(2)8-21(10-6-4-9(17)5-7-10)13-11(15)12(18-3)19-14(16)20-13/h6-11,13,17-18,22H,4-5,12,14-16H2,1-3H3,(H,29,32,33);4-7H,8H2,1-3H3,(H,18,19,20). The van der Waals surface area contributed by atoms with E-state index in [-0.39, 0.29) is 27.7 Å². The van der Waals surface area contributed by atoms with Crippen molar-refractivity contribution < 1.29 is 8.78 Å². The minimum Gasteiger partial charge on any atom is -0.373 e. The van der Waals surface area contributed by atoms with Crippen molar-refractivity contribution in [1.29, 1.82) is 0 Å². The zero-order valence-corrected chi connectivity index (χ0v) is 33.4. The van der Waals surface area contributed by atoms with E-state index in [1.807, 2.05) is 37.3 Å². The van der Waals surface area contributed by atoms with Gasteiger partial charge in [0.15, 0.2) is 0 Å². The zero-order valence-electron chi connectivity index (χ0n) is 32.7. The Kier molecular flexibility index (Phi) is 9.92. The Balaban J connectivity index is 0.000000179. The zero-order chi connectivity index (χ0) is 39.4. The highest BCUT2D eigenvalue weighted by Crippen LogP contribution is 2.49. The predicted octanol–water partition coefficient (Wildman–Crippen LogP) is 8.32. The molecule has 2 bridgehead atoms. The molecule has 1 saturated carbocycles. The van der Waals surface area contributed by atoms with Gasteiger partial charge in [-0.3, -0.25) is 0 Å². The molecular formula is C42H48ClF2N11. The highest BCUT2D eigenvalue weighted by atomic mass is 35.5. The van der Waals surface area contributed by atoms with E-state index in [2.05, 4.69) is 74.4 Å². The van der Waals surface area contributed by atoms with E-state index in [9.17, 15) is 8.78 Å². The molecule has 1 aliphatic carbocycles. The fourth-order valence-electron chi connectivity index (χ4n) is 9.34. The molecule has 2 atom stereocenters. The summed E-state index contributed by atoms with van der Waals surface area (Å²) in [6, 6.07) is 15.2. The van der Waals surface area contributed by atoms with Crippen LogP contribution in [-0.2, 0) is 17.3 Å².